The molecule has 0 saturated heterocycles. The number of amides is 1. The number of pyridine rings is 1. The van der Waals surface area contributed by atoms with Gasteiger partial charge in [-0.15, -0.1) is 0 Å². The first-order valence-corrected chi connectivity index (χ1v) is 11.9. The van der Waals surface area contributed by atoms with Crippen LogP contribution in [-0.2, 0) is 6.54 Å². The molecule has 2 N–H and O–H groups in total. The van der Waals surface area contributed by atoms with Gasteiger partial charge in [0.2, 0.25) is 0 Å². The molecule has 1 aromatic carbocycles. The first-order chi connectivity index (χ1) is 14.9. The normalized spacial score (nSPS) is 16.3. The van der Waals surface area contributed by atoms with Gasteiger partial charge in [-0.3, -0.25) is 9.59 Å². The number of carbonyl (C=O) groups is 1. The molecule has 2 aromatic rings. The van der Waals surface area contributed by atoms with Crippen molar-refractivity contribution in [2.45, 2.75) is 65.5 Å². The molecule has 31 heavy (non-hydrogen) atoms. The largest absolute Gasteiger partial charge is 0.364 e. The Hall–Kier alpha value is -2.34. The second-order valence-corrected chi connectivity index (χ2v) is 9.65. The number of rotatable bonds is 5. The zero-order valence-electron chi connectivity index (χ0n) is 18.5. The van der Waals surface area contributed by atoms with Crippen LogP contribution in [0.3, 0.4) is 0 Å². The highest BCUT2D eigenvalue weighted by Crippen LogP contribution is 2.39. The van der Waals surface area contributed by atoms with E-state index in [0.717, 1.165) is 39.9 Å². The average molecular weight is 484 g/mol. The number of H-pyrrole nitrogens is 1. The number of benzene rings is 1. The van der Waals surface area contributed by atoms with E-state index in [9.17, 15) is 9.59 Å². The minimum Gasteiger partial charge on any atom is -0.364 e. The summed E-state index contributed by atoms with van der Waals surface area (Å²) in [4.78, 5) is 30.9. The van der Waals surface area contributed by atoms with Crippen LogP contribution in [0.5, 0.6) is 0 Å². The minimum atomic E-state index is -0.156. The van der Waals surface area contributed by atoms with Crippen LogP contribution in [-0.4, -0.2) is 23.5 Å². The molecule has 1 fully saturated rings. The SMILES string of the molecule is CCC1=Cc2c(C(=O)NCc3c(C)cc(C)[nH]c3=O)cc(Br)cc2N(C2CCCC2)C1. The molecule has 1 saturated carbocycles. The molecule has 0 atom stereocenters. The molecule has 2 aliphatic rings. The summed E-state index contributed by atoms with van der Waals surface area (Å²) >= 11 is 3.62. The van der Waals surface area contributed by atoms with Crippen molar-refractivity contribution in [2.24, 2.45) is 0 Å². The summed E-state index contributed by atoms with van der Waals surface area (Å²) in [6, 6.07) is 6.50. The Morgan fingerprint density at radius 3 is 2.65 bits per heavy atom. The maximum absolute atomic E-state index is 13.3. The fraction of sp³-hybridized carbons (Fsp3) is 0.440. The number of aryl methyl sites for hydroxylation is 2. The van der Waals surface area contributed by atoms with E-state index < -0.39 is 0 Å². The zero-order valence-corrected chi connectivity index (χ0v) is 20.1. The van der Waals surface area contributed by atoms with E-state index in [-0.39, 0.29) is 18.0 Å². The van der Waals surface area contributed by atoms with Gasteiger partial charge in [0, 0.05) is 51.7 Å². The van der Waals surface area contributed by atoms with Gasteiger partial charge in [-0.25, -0.2) is 0 Å². The maximum atomic E-state index is 13.3. The smallest absolute Gasteiger partial charge is 0.253 e. The highest BCUT2D eigenvalue weighted by Gasteiger charge is 2.29. The Kier molecular flexibility index (Phi) is 6.37. The standard InChI is InChI=1S/C25H30BrN3O2/c1-4-17-10-20-21(24(30)27-13-22-15(2)9-16(3)28-25(22)31)11-18(26)12-23(20)29(14-17)19-7-5-6-8-19/h9-12,19H,4-8,13-14H2,1-3H3,(H,27,30)(H,28,31). The van der Waals surface area contributed by atoms with Crippen molar-refractivity contribution in [3.8, 4) is 0 Å². The molecule has 6 heteroatoms. The summed E-state index contributed by atoms with van der Waals surface area (Å²) in [7, 11) is 0. The summed E-state index contributed by atoms with van der Waals surface area (Å²) in [5.41, 5.74) is 6.29. The molecule has 1 amide bonds. The van der Waals surface area contributed by atoms with Crippen molar-refractivity contribution in [1.29, 1.82) is 0 Å². The molecule has 0 spiro atoms. The third-order valence-corrected chi connectivity index (χ3v) is 7.00. The molecular formula is C25H30BrN3O2. The molecular weight excluding hydrogens is 454 g/mol. The van der Waals surface area contributed by atoms with Crippen molar-refractivity contribution in [3.63, 3.8) is 0 Å². The van der Waals surface area contributed by atoms with Gasteiger partial charge in [0.05, 0.1) is 0 Å². The molecule has 164 valence electrons. The highest BCUT2D eigenvalue weighted by molar-refractivity contribution is 9.10. The number of aromatic amines is 1. The summed E-state index contributed by atoms with van der Waals surface area (Å²) in [5.74, 6) is -0.156. The Bertz CT molecular complexity index is 1100. The Morgan fingerprint density at radius 1 is 1.23 bits per heavy atom. The molecule has 2 heterocycles. The van der Waals surface area contributed by atoms with Crippen molar-refractivity contribution < 1.29 is 4.79 Å². The number of aromatic nitrogens is 1. The van der Waals surface area contributed by atoms with Gasteiger partial charge in [-0.2, -0.15) is 0 Å². The van der Waals surface area contributed by atoms with Crippen molar-refractivity contribution in [1.82, 2.24) is 10.3 Å². The maximum Gasteiger partial charge on any atom is 0.253 e. The van der Waals surface area contributed by atoms with Crippen LogP contribution in [0.15, 0.2) is 33.0 Å². The summed E-state index contributed by atoms with van der Waals surface area (Å²) in [6.45, 7) is 7.08. The second-order valence-electron chi connectivity index (χ2n) is 8.73. The summed E-state index contributed by atoms with van der Waals surface area (Å²) < 4.78 is 0.900. The summed E-state index contributed by atoms with van der Waals surface area (Å²) in [6.07, 6.45) is 8.12. The Labute approximate surface area is 192 Å². The van der Waals surface area contributed by atoms with E-state index >= 15 is 0 Å². The average Bonchev–Trinajstić information content (AvgIpc) is 3.26. The van der Waals surface area contributed by atoms with Gasteiger partial charge in [-0.1, -0.05) is 47.3 Å². The molecule has 0 unspecified atom stereocenters. The van der Waals surface area contributed by atoms with Gasteiger partial charge in [0.1, 0.15) is 0 Å². The summed E-state index contributed by atoms with van der Waals surface area (Å²) in [5, 5.41) is 2.98. The van der Waals surface area contributed by atoms with E-state index in [0.29, 0.717) is 17.2 Å². The molecule has 4 rings (SSSR count). The van der Waals surface area contributed by atoms with Crippen LogP contribution in [0.2, 0.25) is 0 Å². The first-order valence-electron chi connectivity index (χ1n) is 11.1. The zero-order chi connectivity index (χ0) is 22.1. The van der Waals surface area contributed by atoms with Crippen molar-refractivity contribution >= 4 is 33.6 Å². The van der Waals surface area contributed by atoms with Crippen LogP contribution < -0.4 is 15.8 Å². The van der Waals surface area contributed by atoms with Gasteiger partial charge < -0.3 is 15.2 Å². The Balaban J connectivity index is 1.67. The van der Waals surface area contributed by atoms with E-state index in [1.165, 1.54) is 31.3 Å². The number of nitrogens with one attached hydrogen (secondary N) is 2. The predicted molar refractivity (Wildman–Crippen MR) is 130 cm³/mol. The molecule has 0 radical (unpaired) electrons. The van der Waals surface area contributed by atoms with E-state index in [1.54, 1.807) is 0 Å². The number of anilines is 1. The highest BCUT2D eigenvalue weighted by atomic mass is 79.9. The van der Waals surface area contributed by atoms with Crippen LogP contribution in [0.25, 0.3) is 6.08 Å². The monoisotopic (exact) mass is 483 g/mol. The van der Waals surface area contributed by atoms with E-state index in [1.807, 2.05) is 26.0 Å². The lowest BCUT2D eigenvalue weighted by atomic mass is 9.94. The first kappa shape index (κ1) is 21.9. The van der Waals surface area contributed by atoms with Crippen molar-refractivity contribution in [3.05, 3.63) is 66.5 Å². The fourth-order valence-electron chi connectivity index (χ4n) is 4.86. The third kappa shape index (κ3) is 4.49. The van der Waals surface area contributed by atoms with Gasteiger partial charge in [0.25, 0.3) is 11.5 Å². The third-order valence-electron chi connectivity index (χ3n) is 6.54. The number of nitrogens with zero attached hydrogens (tertiary/aromatic N) is 1. The fourth-order valence-corrected chi connectivity index (χ4v) is 5.30. The molecule has 1 aliphatic heterocycles. The molecule has 1 aliphatic carbocycles. The van der Waals surface area contributed by atoms with Gasteiger partial charge in [-0.05, 0) is 56.9 Å². The molecule has 1 aromatic heterocycles. The minimum absolute atomic E-state index is 0.144. The quantitative estimate of drug-likeness (QED) is 0.610. The number of halogens is 1. The van der Waals surface area contributed by atoms with Crippen LogP contribution in [0.4, 0.5) is 5.69 Å². The predicted octanol–water partition coefficient (Wildman–Crippen LogP) is 5.24. The van der Waals surface area contributed by atoms with Gasteiger partial charge in [0.15, 0.2) is 0 Å². The van der Waals surface area contributed by atoms with Crippen LogP contribution >= 0.6 is 15.9 Å². The lowest BCUT2D eigenvalue weighted by molar-refractivity contribution is 0.0950. The van der Waals surface area contributed by atoms with E-state index in [2.05, 4.69) is 50.2 Å². The lowest BCUT2D eigenvalue weighted by Crippen LogP contribution is -2.38. The molecule has 5 nitrogen and oxygen atoms in total. The topological polar surface area (TPSA) is 65.2 Å². The van der Waals surface area contributed by atoms with Crippen LogP contribution in [0, 0.1) is 13.8 Å². The van der Waals surface area contributed by atoms with Crippen LogP contribution in [0.1, 0.15) is 71.8 Å². The number of hydrogen-bond acceptors (Lipinski definition) is 3. The number of fused-ring (bicyclic) bond motifs is 1. The van der Waals surface area contributed by atoms with Crippen molar-refractivity contribution in [2.75, 3.05) is 11.4 Å². The Morgan fingerprint density at radius 2 is 1.97 bits per heavy atom. The lowest BCUT2D eigenvalue weighted by Gasteiger charge is -2.37. The molecule has 0 bridgehead atoms. The number of hydrogen-bond donors (Lipinski definition) is 2. The number of carbonyl (C=O) groups excluding carboxylic acids is 1. The van der Waals surface area contributed by atoms with E-state index in [4.69, 9.17) is 0 Å². The second kappa shape index (κ2) is 9.03. The van der Waals surface area contributed by atoms with Gasteiger partial charge >= 0.3 is 0 Å².